The number of aromatic nitrogens is 4. The summed E-state index contributed by atoms with van der Waals surface area (Å²) in [6, 6.07) is 0. The lowest BCUT2D eigenvalue weighted by Crippen LogP contribution is -1.99. The molecule has 0 saturated heterocycles. The third kappa shape index (κ3) is 3.30. The molecule has 0 atom stereocenters. The Bertz CT molecular complexity index is 509. The third-order valence-corrected chi connectivity index (χ3v) is 4.47. The van der Waals surface area contributed by atoms with Crippen LogP contribution in [0, 0.1) is 6.92 Å². The second kappa shape index (κ2) is 6.31. The van der Waals surface area contributed by atoms with E-state index in [4.69, 9.17) is 5.11 Å². The molecule has 7 heteroatoms. The van der Waals surface area contributed by atoms with Crippen molar-refractivity contribution in [2.24, 2.45) is 7.05 Å². The number of thiazole rings is 1. The van der Waals surface area contributed by atoms with Crippen LogP contribution in [-0.2, 0) is 20.1 Å². The molecular formula is C11H16N4OS2. The van der Waals surface area contributed by atoms with Crippen LogP contribution in [0.2, 0.25) is 0 Å². The molecule has 2 rings (SSSR count). The number of thioether (sulfide) groups is 1. The molecule has 2 aromatic rings. The van der Waals surface area contributed by atoms with Crippen molar-refractivity contribution in [2.45, 2.75) is 31.5 Å². The summed E-state index contributed by atoms with van der Waals surface area (Å²) in [5, 5.41) is 21.1. The molecule has 0 bridgehead atoms. The SMILES string of the molecule is Cc1nc(CCCSc2nnc(CO)n2C)cs1. The average Bonchev–Trinajstić information content (AvgIpc) is 2.92. The molecule has 2 heterocycles. The van der Waals surface area contributed by atoms with Gasteiger partial charge in [0.2, 0.25) is 0 Å². The smallest absolute Gasteiger partial charge is 0.191 e. The molecule has 0 saturated carbocycles. The van der Waals surface area contributed by atoms with Crippen LogP contribution in [0.25, 0.3) is 0 Å². The van der Waals surface area contributed by atoms with Gasteiger partial charge in [-0.1, -0.05) is 11.8 Å². The van der Waals surface area contributed by atoms with Gasteiger partial charge in [-0.2, -0.15) is 0 Å². The first-order valence-corrected chi connectivity index (χ1v) is 7.60. The maximum absolute atomic E-state index is 9.01. The van der Waals surface area contributed by atoms with Crippen molar-refractivity contribution in [3.05, 3.63) is 21.9 Å². The highest BCUT2D eigenvalue weighted by atomic mass is 32.2. The lowest BCUT2D eigenvalue weighted by Gasteiger charge is -2.01. The molecule has 0 fully saturated rings. The van der Waals surface area contributed by atoms with Gasteiger partial charge in [-0.05, 0) is 19.8 Å². The molecule has 0 aliphatic heterocycles. The summed E-state index contributed by atoms with van der Waals surface area (Å²) in [4.78, 5) is 4.43. The summed E-state index contributed by atoms with van der Waals surface area (Å²) in [6.07, 6.45) is 2.07. The molecule has 5 nitrogen and oxygen atoms in total. The Labute approximate surface area is 114 Å². The molecule has 2 aromatic heterocycles. The van der Waals surface area contributed by atoms with Gasteiger partial charge in [0.15, 0.2) is 11.0 Å². The largest absolute Gasteiger partial charge is 0.388 e. The fourth-order valence-corrected chi connectivity index (χ4v) is 3.06. The molecule has 0 amide bonds. The normalized spacial score (nSPS) is 11.1. The lowest BCUT2D eigenvalue weighted by molar-refractivity contribution is 0.266. The van der Waals surface area contributed by atoms with Crippen LogP contribution in [0.4, 0.5) is 0 Å². The maximum Gasteiger partial charge on any atom is 0.191 e. The highest BCUT2D eigenvalue weighted by Crippen LogP contribution is 2.18. The van der Waals surface area contributed by atoms with E-state index in [-0.39, 0.29) is 6.61 Å². The zero-order valence-corrected chi connectivity index (χ0v) is 12.1. The Kier molecular flexibility index (Phi) is 4.73. The summed E-state index contributed by atoms with van der Waals surface area (Å²) in [7, 11) is 1.87. The molecule has 0 radical (unpaired) electrons. The van der Waals surface area contributed by atoms with Crippen molar-refractivity contribution in [1.29, 1.82) is 0 Å². The van der Waals surface area contributed by atoms with Gasteiger partial charge in [0, 0.05) is 18.2 Å². The van der Waals surface area contributed by atoms with Gasteiger partial charge >= 0.3 is 0 Å². The van der Waals surface area contributed by atoms with Crippen molar-refractivity contribution in [2.75, 3.05) is 5.75 Å². The van der Waals surface area contributed by atoms with E-state index in [1.165, 1.54) is 5.69 Å². The van der Waals surface area contributed by atoms with Crippen LogP contribution in [0.5, 0.6) is 0 Å². The summed E-state index contributed by atoms with van der Waals surface area (Å²) in [6.45, 7) is 1.96. The number of nitrogens with zero attached hydrogens (tertiary/aromatic N) is 4. The van der Waals surface area contributed by atoms with E-state index < -0.39 is 0 Å². The first-order chi connectivity index (χ1) is 8.70. The minimum Gasteiger partial charge on any atom is -0.388 e. The van der Waals surface area contributed by atoms with Gasteiger partial charge in [-0.25, -0.2) is 4.98 Å². The quantitative estimate of drug-likeness (QED) is 0.647. The Morgan fingerprint density at radius 2 is 2.28 bits per heavy atom. The van der Waals surface area contributed by atoms with Gasteiger partial charge in [-0.3, -0.25) is 0 Å². The molecule has 0 aliphatic rings. The Balaban J connectivity index is 1.76. The highest BCUT2D eigenvalue weighted by molar-refractivity contribution is 7.99. The Morgan fingerprint density at radius 3 is 2.89 bits per heavy atom. The van der Waals surface area contributed by atoms with Crippen LogP contribution in [0.15, 0.2) is 10.5 Å². The van der Waals surface area contributed by atoms with E-state index in [9.17, 15) is 0 Å². The van der Waals surface area contributed by atoms with Crippen LogP contribution in [0.1, 0.15) is 22.9 Å². The maximum atomic E-state index is 9.01. The zero-order valence-electron chi connectivity index (χ0n) is 10.5. The summed E-state index contributed by atoms with van der Waals surface area (Å²) < 4.78 is 1.83. The van der Waals surface area contributed by atoms with E-state index in [0.717, 1.165) is 28.8 Å². The highest BCUT2D eigenvalue weighted by Gasteiger charge is 2.07. The lowest BCUT2D eigenvalue weighted by atomic mass is 10.3. The number of aliphatic hydroxyl groups is 1. The minimum atomic E-state index is -0.0673. The number of hydrogen-bond acceptors (Lipinski definition) is 6. The van der Waals surface area contributed by atoms with Gasteiger partial charge in [-0.15, -0.1) is 21.5 Å². The van der Waals surface area contributed by atoms with Crippen molar-refractivity contribution in [1.82, 2.24) is 19.7 Å². The van der Waals surface area contributed by atoms with E-state index in [2.05, 4.69) is 20.6 Å². The van der Waals surface area contributed by atoms with E-state index in [0.29, 0.717) is 5.82 Å². The summed E-state index contributed by atoms with van der Waals surface area (Å²) in [5.41, 5.74) is 1.17. The molecule has 0 unspecified atom stereocenters. The molecule has 98 valence electrons. The summed E-state index contributed by atoms with van der Waals surface area (Å²) in [5.74, 6) is 1.58. The van der Waals surface area contributed by atoms with Gasteiger partial charge in [0.25, 0.3) is 0 Å². The Morgan fingerprint density at radius 1 is 1.44 bits per heavy atom. The number of rotatable bonds is 6. The monoisotopic (exact) mass is 284 g/mol. The van der Waals surface area contributed by atoms with Crippen LogP contribution >= 0.6 is 23.1 Å². The summed E-state index contributed by atoms with van der Waals surface area (Å²) >= 11 is 3.36. The fourth-order valence-electron chi connectivity index (χ4n) is 1.55. The molecule has 1 N–H and O–H groups in total. The molecule has 0 aliphatic carbocycles. The molecule has 0 aromatic carbocycles. The van der Waals surface area contributed by atoms with Gasteiger partial charge in [0.05, 0.1) is 10.7 Å². The average molecular weight is 284 g/mol. The number of aliphatic hydroxyl groups excluding tert-OH is 1. The van der Waals surface area contributed by atoms with E-state index >= 15 is 0 Å². The second-order valence-corrected chi connectivity index (χ2v) is 6.05. The molecule has 18 heavy (non-hydrogen) atoms. The number of aryl methyl sites for hydroxylation is 2. The third-order valence-electron chi connectivity index (χ3n) is 2.54. The van der Waals surface area contributed by atoms with Crippen molar-refractivity contribution in [3.63, 3.8) is 0 Å². The molecular weight excluding hydrogens is 268 g/mol. The standard InChI is InChI=1S/C11H16N4OS2/c1-8-12-9(7-18-8)4-3-5-17-11-14-13-10(6-16)15(11)2/h7,16H,3-6H2,1-2H3. The first-order valence-electron chi connectivity index (χ1n) is 5.73. The topological polar surface area (TPSA) is 63.8 Å². The van der Waals surface area contributed by atoms with Crippen molar-refractivity contribution < 1.29 is 5.11 Å². The van der Waals surface area contributed by atoms with Crippen LogP contribution in [0.3, 0.4) is 0 Å². The van der Waals surface area contributed by atoms with Crippen molar-refractivity contribution >= 4 is 23.1 Å². The van der Waals surface area contributed by atoms with Crippen LogP contribution < -0.4 is 0 Å². The van der Waals surface area contributed by atoms with E-state index in [1.807, 2.05) is 18.5 Å². The predicted octanol–water partition coefficient (Wildman–Crippen LogP) is 1.80. The Hall–Kier alpha value is -0.920. The van der Waals surface area contributed by atoms with E-state index in [1.54, 1.807) is 23.1 Å². The van der Waals surface area contributed by atoms with Gasteiger partial charge < -0.3 is 9.67 Å². The fraction of sp³-hybridized carbons (Fsp3) is 0.545. The zero-order chi connectivity index (χ0) is 13.0. The predicted molar refractivity (Wildman–Crippen MR) is 72.8 cm³/mol. The second-order valence-electron chi connectivity index (χ2n) is 3.93. The van der Waals surface area contributed by atoms with Gasteiger partial charge in [0.1, 0.15) is 6.61 Å². The molecule has 0 spiro atoms. The first kappa shape index (κ1) is 13.5. The van der Waals surface area contributed by atoms with Crippen LogP contribution in [-0.4, -0.2) is 30.6 Å². The number of hydrogen-bond donors (Lipinski definition) is 1. The minimum absolute atomic E-state index is 0.0673. The van der Waals surface area contributed by atoms with Crippen molar-refractivity contribution in [3.8, 4) is 0 Å².